The van der Waals surface area contributed by atoms with E-state index < -0.39 is 6.10 Å². The molecular formula is C74H126O6. The minimum atomic E-state index is -0.812. The molecule has 1 unspecified atom stereocenters. The van der Waals surface area contributed by atoms with E-state index in [9.17, 15) is 14.4 Å². The van der Waals surface area contributed by atoms with Crippen molar-refractivity contribution in [1.29, 1.82) is 0 Å². The number of unbranched alkanes of at least 4 members (excludes halogenated alkanes) is 32. The summed E-state index contributed by atoms with van der Waals surface area (Å²) in [7, 11) is 0. The number of ether oxygens (including phenoxy) is 3. The normalized spacial score (nSPS) is 12.8. The molecule has 6 heteroatoms. The molecule has 0 heterocycles. The van der Waals surface area contributed by atoms with Crippen LogP contribution in [0.2, 0.25) is 0 Å². The predicted molar refractivity (Wildman–Crippen MR) is 348 cm³/mol. The van der Waals surface area contributed by atoms with E-state index in [1.165, 1.54) is 173 Å². The summed E-state index contributed by atoms with van der Waals surface area (Å²) in [5.41, 5.74) is 0. The van der Waals surface area contributed by atoms with Gasteiger partial charge in [0.1, 0.15) is 13.2 Å². The first-order chi connectivity index (χ1) is 39.5. The summed E-state index contributed by atoms with van der Waals surface area (Å²) in [5, 5.41) is 0. The third-order valence-corrected chi connectivity index (χ3v) is 14.5. The summed E-state index contributed by atoms with van der Waals surface area (Å²) >= 11 is 0. The summed E-state index contributed by atoms with van der Waals surface area (Å²) in [6.45, 7) is 6.46. The van der Waals surface area contributed by atoms with Gasteiger partial charge in [-0.05, 0) is 122 Å². The first-order valence-electron chi connectivity index (χ1n) is 33.9. The van der Waals surface area contributed by atoms with E-state index in [4.69, 9.17) is 14.2 Å². The lowest BCUT2D eigenvalue weighted by molar-refractivity contribution is -0.167. The zero-order valence-corrected chi connectivity index (χ0v) is 52.6. The van der Waals surface area contributed by atoms with Crippen LogP contribution in [-0.2, 0) is 28.6 Å². The molecule has 0 aromatic heterocycles. The van der Waals surface area contributed by atoms with Gasteiger partial charge in [0.05, 0.1) is 0 Å². The average molecular weight is 1110 g/mol. The molecule has 0 aliphatic carbocycles. The Morgan fingerprint density at radius 2 is 0.500 bits per heavy atom. The lowest BCUT2D eigenvalue weighted by Crippen LogP contribution is -2.30. The molecule has 0 aromatic carbocycles. The van der Waals surface area contributed by atoms with Crippen LogP contribution < -0.4 is 0 Å². The molecule has 0 bridgehead atoms. The summed E-state index contributed by atoms with van der Waals surface area (Å²) < 4.78 is 16.9. The maximum atomic E-state index is 12.9. The van der Waals surface area contributed by atoms with E-state index in [0.717, 1.165) is 103 Å². The average Bonchev–Trinajstić information content (AvgIpc) is 3.46. The Labute approximate surface area is 495 Å². The van der Waals surface area contributed by atoms with Crippen molar-refractivity contribution in [3.8, 4) is 0 Å². The molecule has 0 spiro atoms. The van der Waals surface area contributed by atoms with E-state index in [1.54, 1.807) is 0 Å². The summed E-state index contributed by atoms with van der Waals surface area (Å²) in [4.78, 5) is 38.2. The Morgan fingerprint density at radius 3 is 0.838 bits per heavy atom. The number of hydrogen-bond donors (Lipinski definition) is 0. The SMILES string of the molecule is CC/C=C\C/C=C\C/C=C\C/C=C\C/C=C\CCCC(=O)OC(COC(=O)CCCCCCC/C=C\CCCCC)COC(=O)CCCCCCCCCCCCCCCCCCCC/C=C\C/C=C\C/C=C\CCCCCCC. The number of carbonyl (C=O) groups excluding carboxylic acids is 3. The van der Waals surface area contributed by atoms with Crippen LogP contribution in [-0.4, -0.2) is 37.2 Å². The molecule has 0 radical (unpaired) electrons. The van der Waals surface area contributed by atoms with Crippen LogP contribution in [0.1, 0.15) is 323 Å². The minimum absolute atomic E-state index is 0.102. The molecule has 458 valence electrons. The van der Waals surface area contributed by atoms with Crippen LogP contribution in [0.4, 0.5) is 0 Å². The quantitative estimate of drug-likeness (QED) is 0.0261. The minimum Gasteiger partial charge on any atom is -0.462 e. The standard InChI is InChI=1S/C74H126O6/c1-4-7-10-13-16-19-22-25-27-29-30-31-32-33-34-35-36-37-38-39-40-41-42-43-44-46-47-49-52-55-58-61-64-67-73(76)79-70-71(69-78-72(75)66-63-60-57-54-51-24-21-18-15-12-9-6-3)80-74(77)68-65-62-59-56-53-50-48-45-28-26-23-20-17-14-11-8-5-2/h8,11,17-18,20-22,25-26,28-30,32-33,48,50,56,59,71H,4-7,9-10,12-16,19,23-24,27,31,34-47,49,51-55,57-58,60-70H2,1-3H3/b11-8-,20-17-,21-18-,25-22-,28-26-,30-29-,33-32-,50-48-,59-56-. The second kappa shape index (κ2) is 67.6. The summed E-state index contributed by atoms with van der Waals surface area (Å²) in [6.07, 6.45) is 92.7. The fourth-order valence-corrected chi connectivity index (χ4v) is 9.42. The molecule has 0 rings (SSSR count). The highest BCUT2D eigenvalue weighted by atomic mass is 16.6. The smallest absolute Gasteiger partial charge is 0.306 e. The lowest BCUT2D eigenvalue weighted by atomic mass is 10.0. The van der Waals surface area contributed by atoms with Gasteiger partial charge >= 0.3 is 17.9 Å². The molecule has 0 amide bonds. The van der Waals surface area contributed by atoms with Gasteiger partial charge in [-0.3, -0.25) is 14.4 Å². The van der Waals surface area contributed by atoms with Crippen molar-refractivity contribution in [2.75, 3.05) is 13.2 Å². The third kappa shape index (κ3) is 64.9. The van der Waals surface area contributed by atoms with Crippen LogP contribution in [0.5, 0.6) is 0 Å². The molecule has 1 atom stereocenters. The van der Waals surface area contributed by atoms with Crippen molar-refractivity contribution in [2.24, 2.45) is 0 Å². The van der Waals surface area contributed by atoms with Gasteiger partial charge in [-0.1, -0.05) is 291 Å². The predicted octanol–water partition coefficient (Wildman–Crippen LogP) is 23.4. The fraction of sp³-hybridized carbons (Fsp3) is 0.716. The third-order valence-electron chi connectivity index (χ3n) is 14.5. The highest BCUT2D eigenvalue weighted by molar-refractivity contribution is 5.71. The van der Waals surface area contributed by atoms with Gasteiger partial charge in [-0.15, -0.1) is 0 Å². The van der Waals surface area contributed by atoms with Crippen molar-refractivity contribution < 1.29 is 28.6 Å². The van der Waals surface area contributed by atoms with Crippen molar-refractivity contribution >= 4 is 17.9 Å². The molecule has 0 saturated heterocycles. The Balaban J connectivity index is 4.20. The van der Waals surface area contributed by atoms with Gasteiger partial charge in [0.15, 0.2) is 6.10 Å². The molecule has 0 saturated carbocycles. The molecule has 0 aliphatic heterocycles. The number of hydrogen-bond acceptors (Lipinski definition) is 6. The van der Waals surface area contributed by atoms with Crippen LogP contribution in [0.3, 0.4) is 0 Å². The van der Waals surface area contributed by atoms with Crippen molar-refractivity contribution in [2.45, 2.75) is 329 Å². The van der Waals surface area contributed by atoms with E-state index in [0.29, 0.717) is 19.3 Å². The Hall–Kier alpha value is -3.93. The summed E-state index contributed by atoms with van der Waals surface area (Å²) in [6, 6.07) is 0. The number of carbonyl (C=O) groups is 3. The lowest BCUT2D eigenvalue weighted by Gasteiger charge is -2.18. The van der Waals surface area contributed by atoms with Crippen LogP contribution in [0.15, 0.2) is 109 Å². The van der Waals surface area contributed by atoms with Crippen LogP contribution in [0.25, 0.3) is 0 Å². The molecule has 0 aliphatic rings. The zero-order chi connectivity index (χ0) is 57.8. The Morgan fingerprint density at radius 1 is 0.263 bits per heavy atom. The number of esters is 3. The van der Waals surface area contributed by atoms with Crippen molar-refractivity contribution in [1.82, 2.24) is 0 Å². The number of allylic oxidation sites excluding steroid dienone is 18. The van der Waals surface area contributed by atoms with Crippen molar-refractivity contribution in [3.63, 3.8) is 0 Å². The first kappa shape index (κ1) is 76.1. The molecule has 0 N–H and O–H groups in total. The fourth-order valence-electron chi connectivity index (χ4n) is 9.42. The Bertz CT molecular complexity index is 1610. The second-order valence-electron chi connectivity index (χ2n) is 22.3. The highest BCUT2D eigenvalue weighted by Gasteiger charge is 2.19. The molecule has 0 fully saturated rings. The summed E-state index contributed by atoms with van der Waals surface area (Å²) in [5.74, 6) is -0.963. The van der Waals surface area contributed by atoms with Gasteiger partial charge in [0, 0.05) is 19.3 Å². The molecule has 6 nitrogen and oxygen atoms in total. The highest BCUT2D eigenvalue weighted by Crippen LogP contribution is 2.17. The van der Waals surface area contributed by atoms with Crippen LogP contribution >= 0.6 is 0 Å². The monoisotopic (exact) mass is 1110 g/mol. The van der Waals surface area contributed by atoms with E-state index >= 15 is 0 Å². The van der Waals surface area contributed by atoms with Crippen molar-refractivity contribution in [3.05, 3.63) is 109 Å². The zero-order valence-electron chi connectivity index (χ0n) is 52.6. The van der Waals surface area contributed by atoms with Gasteiger partial charge in [0.25, 0.3) is 0 Å². The van der Waals surface area contributed by atoms with Gasteiger partial charge < -0.3 is 14.2 Å². The van der Waals surface area contributed by atoms with Gasteiger partial charge in [-0.25, -0.2) is 0 Å². The van der Waals surface area contributed by atoms with E-state index in [-0.39, 0.29) is 37.5 Å². The Kier molecular flexibility index (Phi) is 64.3. The molecule has 0 aromatic rings. The van der Waals surface area contributed by atoms with Gasteiger partial charge in [-0.2, -0.15) is 0 Å². The topological polar surface area (TPSA) is 78.9 Å². The second-order valence-corrected chi connectivity index (χ2v) is 22.3. The maximum Gasteiger partial charge on any atom is 0.306 e. The maximum absolute atomic E-state index is 12.9. The first-order valence-corrected chi connectivity index (χ1v) is 33.9. The van der Waals surface area contributed by atoms with Gasteiger partial charge in [0.2, 0.25) is 0 Å². The molecule has 80 heavy (non-hydrogen) atoms. The van der Waals surface area contributed by atoms with E-state index in [2.05, 4.69) is 130 Å². The number of rotatable bonds is 61. The van der Waals surface area contributed by atoms with Crippen LogP contribution in [0, 0.1) is 0 Å². The molecular weight excluding hydrogens is 985 g/mol. The largest absolute Gasteiger partial charge is 0.462 e. The van der Waals surface area contributed by atoms with E-state index in [1.807, 2.05) is 0 Å².